The molecule has 10 nitrogen and oxygen atoms in total. The Morgan fingerprint density at radius 3 is 2.78 bits per heavy atom. The average molecular weight is 436 g/mol. The van der Waals surface area contributed by atoms with Crippen molar-refractivity contribution < 1.29 is 18.4 Å². The van der Waals surface area contributed by atoms with Crippen molar-refractivity contribution in [2.75, 3.05) is 6.54 Å². The first kappa shape index (κ1) is 19.6. The largest absolute Gasteiger partial charge is 0.345 e. The van der Waals surface area contributed by atoms with Crippen LogP contribution in [0.5, 0.6) is 0 Å². The van der Waals surface area contributed by atoms with Crippen molar-refractivity contribution in [2.24, 2.45) is 5.10 Å². The summed E-state index contributed by atoms with van der Waals surface area (Å²) in [5.74, 6) is -4.65. The Hall–Kier alpha value is -4.35. The molecule has 0 atom stereocenters. The standard InChI is InChI=1S/C20H14F2N8O2/c1-11(27-29-10-17(31)24-19(29)32)14-6-7-16-25-26-18(30(16)28-14)20(21,22)13-4-5-15-12(9-13)3-2-8-23-15/h2-9H,10H2,1H3,(H,24,31,32)/b27-11-. The van der Waals surface area contributed by atoms with E-state index in [9.17, 15) is 9.59 Å². The third-order valence-electron chi connectivity index (χ3n) is 4.92. The van der Waals surface area contributed by atoms with E-state index >= 15 is 8.78 Å². The molecule has 0 aliphatic carbocycles. The van der Waals surface area contributed by atoms with E-state index in [0.29, 0.717) is 10.9 Å². The fourth-order valence-corrected chi connectivity index (χ4v) is 3.32. The summed E-state index contributed by atoms with van der Waals surface area (Å²) in [5.41, 5.74) is 0.889. The van der Waals surface area contributed by atoms with Crippen molar-refractivity contribution >= 4 is 34.2 Å². The number of rotatable bonds is 4. The Kier molecular flexibility index (Phi) is 4.36. The van der Waals surface area contributed by atoms with E-state index in [1.165, 1.54) is 30.3 Å². The van der Waals surface area contributed by atoms with Gasteiger partial charge in [-0.25, -0.2) is 9.80 Å². The number of pyridine rings is 1. The number of aromatic nitrogens is 5. The lowest BCUT2D eigenvalue weighted by molar-refractivity contribution is -0.118. The highest BCUT2D eigenvalue weighted by atomic mass is 19.3. The number of carbonyl (C=O) groups excluding carboxylic acids is 2. The zero-order valence-corrected chi connectivity index (χ0v) is 16.5. The molecule has 0 radical (unpaired) electrons. The van der Waals surface area contributed by atoms with Gasteiger partial charge in [0.2, 0.25) is 11.7 Å². The van der Waals surface area contributed by atoms with Crippen LogP contribution in [0.2, 0.25) is 0 Å². The number of hydrogen-bond acceptors (Lipinski definition) is 7. The number of benzene rings is 1. The number of urea groups is 1. The first-order valence-corrected chi connectivity index (χ1v) is 9.46. The lowest BCUT2D eigenvalue weighted by Crippen LogP contribution is -2.25. The van der Waals surface area contributed by atoms with Crippen LogP contribution in [0.15, 0.2) is 53.8 Å². The Morgan fingerprint density at radius 1 is 1.16 bits per heavy atom. The number of alkyl halides is 2. The third-order valence-corrected chi connectivity index (χ3v) is 4.92. The van der Waals surface area contributed by atoms with Gasteiger partial charge in [0.25, 0.3) is 0 Å². The molecule has 4 heterocycles. The Morgan fingerprint density at radius 2 is 2.00 bits per heavy atom. The van der Waals surface area contributed by atoms with Gasteiger partial charge in [0, 0.05) is 17.1 Å². The molecular weight excluding hydrogens is 422 g/mol. The van der Waals surface area contributed by atoms with Crippen molar-refractivity contribution in [1.82, 2.24) is 35.1 Å². The quantitative estimate of drug-likeness (QED) is 0.387. The molecule has 3 amide bonds. The zero-order chi connectivity index (χ0) is 22.5. The minimum absolute atomic E-state index is 0.118. The van der Waals surface area contributed by atoms with Crippen LogP contribution in [0.3, 0.4) is 0 Å². The molecule has 0 bridgehead atoms. The lowest BCUT2D eigenvalue weighted by atomic mass is 10.0. The first-order valence-electron chi connectivity index (χ1n) is 9.46. The number of nitrogens with zero attached hydrogens (tertiary/aromatic N) is 7. The average Bonchev–Trinajstić information content (AvgIpc) is 3.35. The summed E-state index contributed by atoms with van der Waals surface area (Å²) in [7, 11) is 0. The predicted octanol–water partition coefficient (Wildman–Crippen LogP) is 2.09. The van der Waals surface area contributed by atoms with Crippen molar-refractivity contribution in [3.05, 3.63) is 65.7 Å². The van der Waals surface area contributed by atoms with E-state index < -0.39 is 23.7 Å². The van der Waals surface area contributed by atoms with Gasteiger partial charge in [0.05, 0.1) is 11.2 Å². The van der Waals surface area contributed by atoms with Gasteiger partial charge in [-0.3, -0.25) is 15.1 Å². The van der Waals surface area contributed by atoms with Gasteiger partial charge in [-0.05, 0) is 37.3 Å². The second-order valence-electron chi connectivity index (χ2n) is 7.09. The van der Waals surface area contributed by atoms with E-state index in [2.05, 4.69) is 30.7 Å². The lowest BCUT2D eigenvalue weighted by Gasteiger charge is -2.15. The molecule has 32 heavy (non-hydrogen) atoms. The number of hydrazone groups is 1. The van der Waals surface area contributed by atoms with Gasteiger partial charge in [-0.2, -0.15) is 23.5 Å². The molecule has 12 heteroatoms. The summed E-state index contributed by atoms with van der Waals surface area (Å²) in [4.78, 5) is 27.2. The smallest absolute Gasteiger partial charge is 0.275 e. The van der Waals surface area contributed by atoms with Gasteiger partial charge in [-0.1, -0.05) is 12.1 Å². The molecular formula is C20H14F2N8O2. The third kappa shape index (κ3) is 3.21. The van der Waals surface area contributed by atoms with E-state index in [-0.39, 0.29) is 29.2 Å². The van der Waals surface area contributed by atoms with Gasteiger partial charge >= 0.3 is 12.0 Å². The topological polar surface area (TPSA) is 118 Å². The predicted molar refractivity (Wildman–Crippen MR) is 108 cm³/mol. The van der Waals surface area contributed by atoms with Crippen LogP contribution >= 0.6 is 0 Å². The van der Waals surface area contributed by atoms with Crippen LogP contribution in [0, 0.1) is 0 Å². The fourth-order valence-electron chi connectivity index (χ4n) is 3.32. The van der Waals surface area contributed by atoms with Crippen molar-refractivity contribution in [1.29, 1.82) is 0 Å². The number of carbonyl (C=O) groups is 2. The van der Waals surface area contributed by atoms with Crippen LogP contribution in [0.1, 0.15) is 24.0 Å². The van der Waals surface area contributed by atoms with Gasteiger partial charge in [0.1, 0.15) is 12.2 Å². The van der Waals surface area contributed by atoms with Crippen LogP contribution in [-0.2, 0) is 10.7 Å². The van der Waals surface area contributed by atoms with Crippen LogP contribution in [0.4, 0.5) is 13.6 Å². The van der Waals surface area contributed by atoms with Gasteiger partial charge in [0.15, 0.2) is 5.65 Å². The Bertz CT molecular complexity index is 1430. The summed E-state index contributed by atoms with van der Waals surface area (Å²) in [6, 6.07) is 9.83. The maximum Gasteiger partial charge on any atom is 0.345 e. The molecule has 3 aromatic heterocycles. The molecule has 1 aromatic carbocycles. The number of fused-ring (bicyclic) bond motifs is 2. The number of amides is 3. The van der Waals surface area contributed by atoms with Gasteiger partial charge in [-0.15, -0.1) is 10.2 Å². The van der Waals surface area contributed by atoms with E-state index in [1.807, 2.05) is 0 Å². The van der Waals surface area contributed by atoms with E-state index in [1.54, 1.807) is 25.3 Å². The molecule has 160 valence electrons. The second kappa shape index (κ2) is 7.11. The minimum atomic E-state index is -3.50. The molecule has 0 spiro atoms. The molecule has 1 aliphatic heterocycles. The minimum Gasteiger partial charge on any atom is -0.275 e. The highest BCUT2D eigenvalue weighted by Crippen LogP contribution is 2.35. The summed E-state index contributed by atoms with van der Waals surface area (Å²) < 4.78 is 31.8. The van der Waals surface area contributed by atoms with Crippen molar-refractivity contribution in [3.8, 4) is 0 Å². The van der Waals surface area contributed by atoms with Crippen molar-refractivity contribution in [2.45, 2.75) is 12.8 Å². The summed E-state index contributed by atoms with van der Waals surface area (Å²) in [6.45, 7) is 1.31. The number of imide groups is 1. The van der Waals surface area contributed by atoms with Crippen LogP contribution < -0.4 is 5.32 Å². The normalized spacial score (nSPS) is 15.1. The monoisotopic (exact) mass is 436 g/mol. The van der Waals surface area contributed by atoms with Gasteiger partial charge < -0.3 is 0 Å². The van der Waals surface area contributed by atoms with Crippen LogP contribution in [0.25, 0.3) is 16.6 Å². The maximum atomic E-state index is 15.4. The molecule has 5 rings (SSSR count). The molecule has 1 N–H and O–H groups in total. The van der Waals surface area contributed by atoms with Crippen LogP contribution in [-0.4, -0.2) is 54.0 Å². The molecule has 1 saturated heterocycles. The molecule has 1 fully saturated rings. The highest BCUT2D eigenvalue weighted by molar-refractivity contribution is 6.03. The highest BCUT2D eigenvalue weighted by Gasteiger charge is 2.40. The van der Waals surface area contributed by atoms with Crippen molar-refractivity contribution in [3.63, 3.8) is 0 Å². The van der Waals surface area contributed by atoms with E-state index in [4.69, 9.17) is 0 Å². The molecule has 4 aromatic rings. The molecule has 0 saturated carbocycles. The first-order chi connectivity index (χ1) is 15.3. The fraction of sp³-hybridized carbons (Fsp3) is 0.150. The summed E-state index contributed by atoms with van der Waals surface area (Å²) >= 11 is 0. The maximum absolute atomic E-state index is 15.4. The Balaban J connectivity index is 1.55. The zero-order valence-electron chi connectivity index (χ0n) is 16.5. The molecule has 1 aliphatic rings. The number of halogens is 2. The Labute approximate surface area is 178 Å². The number of nitrogens with one attached hydrogen (secondary N) is 1. The molecule has 0 unspecified atom stereocenters. The summed E-state index contributed by atoms with van der Waals surface area (Å²) in [6.07, 6.45) is 1.59. The number of hydrogen-bond donors (Lipinski definition) is 1. The SMILES string of the molecule is C/C(=N/N1CC(=O)NC1=O)c1ccc2nnc(C(F)(F)c3ccc4ncccc4c3)n2n1. The summed E-state index contributed by atoms with van der Waals surface area (Å²) in [5, 5.41) is 19.3. The second-order valence-corrected chi connectivity index (χ2v) is 7.09. The van der Waals surface area contributed by atoms with E-state index in [0.717, 1.165) is 9.52 Å².